The highest BCUT2D eigenvalue weighted by atomic mass is 16.1. The number of nitrogen functional groups attached to an aromatic ring is 1. The summed E-state index contributed by atoms with van der Waals surface area (Å²) in [5.74, 6) is -0.139. The average molecular weight is 375 g/mol. The summed E-state index contributed by atoms with van der Waals surface area (Å²) in [4.78, 5) is 28.5. The summed E-state index contributed by atoms with van der Waals surface area (Å²) < 4.78 is 1.47. The summed E-state index contributed by atoms with van der Waals surface area (Å²) in [7, 11) is 1.67. The summed E-state index contributed by atoms with van der Waals surface area (Å²) in [5, 5.41) is 5.72. The Morgan fingerprint density at radius 2 is 1.93 bits per heavy atom. The number of anilines is 4. The van der Waals surface area contributed by atoms with Crippen LogP contribution < -0.4 is 21.9 Å². The number of carbonyl (C=O) groups is 1. The molecule has 0 unspecified atom stereocenters. The number of hydrogen-bond acceptors (Lipinski definition) is 5. The lowest BCUT2D eigenvalue weighted by Crippen LogP contribution is -2.21. The van der Waals surface area contributed by atoms with Crippen LogP contribution in [0.3, 0.4) is 0 Å². The highest BCUT2D eigenvalue weighted by Crippen LogP contribution is 2.26. The van der Waals surface area contributed by atoms with Crippen LogP contribution in [-0.2, 0) is 11.8 Å². The molecule has 0 spiro atoms. The topological polar surface area (TPSA) is 102 Å². The minimum Gasteiger partial charge on any atom is -0.398 e. The molecule has 142 valence electrons. The highest BCUT2D eigenvalue weighted by molar-refractivity contribution is 5.99. The number of aryl methyl sites for hydroxylation is 1. The minimum absolute atomic E-state index is 0.175. The van der Waals surface area contributed by atoms with Crippen molar-refractivity contribution in [2.24, 2.45) is 7.05 Å². The molecule has 0 radical (unpaired) electrons. The number of benzene rings is 2. The summed E-state index contributed by atoms with van der Waals surface area (Å²) >= 11 is 0. The fourth-order valence-corrected chi connectivity index (χ4v) is 2.75. The lowest BCUT2D eigenvalue weighted by atomic mass is 10.0. The minimum atomic E-state index is -0.315. The molecule has 1 heterocycles. The third-order valence-electron chi connectivity index (χ3n) is 4.30. The lowest BCUT2D eigenvalue weighted by molar-refractivity contribution is -0.111. The maximum Gasteiger partial charge on any atom is 0.293 e. The molecule has 1 aromatic heterocycles. The van der Waals surface area contributed by atoms with Gasteiger partial charge < -0.3 is 20.9 Å². The Labute approximate surface area is 162 Å². The third kappa shape index (κ3) is 3.93. The Bertz CT molecular complexity index is 1120. The van der Waals surface area contributed by atoms with Crippen molar-refractivity contribution in [3.63, 3.8) is 0 Å². The Balaban J connectivity index is 1.99. The van der Waals surface area contributed by atoms with Crippen LogP contribution in [0.5, 0.6) is 0 Å². The van der Waals surface area contributed by atoms with Crippen molar-refractivity contribution in [1.29, 1.82) is 0 Å². The largest absolute Gasteiger partial charge is 0.398 e. The maximum atomic E-state index is 12.5. The number of aromatic nitrogens is 2. The zero-order chi connectivity index (χ0) is 20.3. The van der Waals surface area contributed by atoms with Crippen LogP contribution in [0.2, 0.25) is 0 Å². The van der Waals surface area contributed by atoms with Crippen molar-refractivity contribution in [3.8, 4) is 11.3 Å². The molecular weight excluding hydrogens is 354 g/mol. The summed E-state index contributed by atoms with van der Waals surface area (Å²) in [5.41, 5.74) is 9.97. The Hall–Kier alpha value is -3.87. The predicted octanol–water partition coefficient (Wildman–Crippen LogP) is 3.21. The van der Waals surface area contributed by atoms with Gasteiger partial charge >= 0.3 is 0 Å². The Kier molecular flexibility index (Phi) is 5.26. The summed E-state index contributed by atoms with van der Waals surface area (Å²) in [6.07, 6.45) is 2.87. The van der Waals surface area contributed by atoms with Crippen molar-refractivity contribution < 1.29 is 4.79 Å². The van der Waals surface area contributed by atoms with E-state index in [0.29, 0.717) is 22.8 Å². The van der Waals surface area contributed by atoms with E-state index in [1.54, 1.807) is 37.5 Å². The smallest absolute Gasteiger partial charge is 0.293 e. The van der Waals surface area contributed by atoms with Crippen LogP contribution in [0.25, 0.3) is 11.3 Å². The monoisotopic (exact) mass is 375 g/mol. The quantitative estimate of drug-likeness (QED) is 0.469. The van der Waals surface area contributed by atoms with Gasteiger partial charge in [0.25, 0.3) is 5.56 Å². The van der Waals surface area contributed by atoms with Gasteiger partial charge in [0.05, 0.1) is 5.69 Å². The van der Waals surface area contributed by atoms with E-state index in [1.807, 2.05) is 25.1 Å². The van der Waals surface area contributed by atoms with Gasteiger partial charge in [0.1, 0.15) is 0 Å². The van der Waals surface area contributed by atoms with Gasteiger partial charge in [-0.3, -0.25) is 9.59 Å². The van der Waals surface area contributed by atoms with Crippen molar-refractivity contribution in [2.75, 3.05) is 16.4 Å². The second-order valence-electron chi connectivity index (χ2n) is 6.31. The van der Waals surface area contributed by atoms with Gasteiger partial charge in [0.2, 0.25) is 5.91 Å². The van der Waals surface area contributed by atoms with Gasteiger partial charge in [-0.05, 0) is 42.8 Å². The molecule has 0 saturated carbocycles. The first kappa shape index (κ1) is 18.9. The zero-order valence-corrected chi connectivity index (χ0v) is 15.7. The van der Waals surface area contributed by atoms with Crippen molar-refractivity contribution in [3.05, 3.63) is 77.2 Å². The van der Waals surface area contributed by atoms with Gasteiger partial charge in [-0.1, -0.05) is 24.8 Å². The molecule has 4 N–H and O–H groups in total. The van der Waals surface area contributed by atoms with E-state index >= 15 is 0 Å². The molecule has 0 fully saturated rings. The van der Waals surface area contributed by atoms with Crippen molar-refractivity contribution >= 4 is 28.8 Å². The Morgan fingerprint density at radius 1 is 1.21 bits per heavy atom. The van der Waals surface area contributed by atoms with Crippen LogP contribution in [0, 0.1) is 6.92 Å². The average Bonchev–Trinajstić information content (AvgIpc) is 2.67. The number of carbonyl (C=O) groups excluding carboxylic acids is 1. The first-order valence-electron chi connectivity index (χ1n) is 8.62. The SMILES string of the molecule is C=CC(=O)Nc1cccc(Nc2nc(-c3cccc(N)c3C)cn(C)c2=O)c1. The van der Waals surface area contributed by atoms with E-state index in [1.165, 1.54) is 10.6 Å². The molecular formula is C21H21N5O2. The molecule has 7 heteroatoms. The van der Waals surface area contributed by atoms with Gasteiger partial charge in [-0.15, -0.1) is 0 Å². The lowest BCUT2D eigenvalue weighted by Gasteiger charge is -2.13. The molecule has 0 bridgehead atoms. The van der Waals surface area contributed by atoms with Crippen molar-refractivity contribution in [2.45, 2.75) is 6.92 Å². The number of nitrogens with one attached hydrogen (secondary N) is 2. The molecule has 0 aliphatic carbocycles. The molecule has 0 atom stereocenters. The first-order valence-corrected chi connectivity index (χ1v) is 8.62. The molecule has 0 aliphatic rings. The number of hydrogen-bond donors (Lipinski definition) is 3. The number of rotatable bonds is 5. The third-order valence-corrected chi connectivity index (χ3v) is 4.30. The van der Waals surface area contributed by atoms with E-state index in [0.717, 1.165) is 11.1 Å². The van der Waals surface area contributed by atoms with E-state index in [9.17, 15) is 9.59 Å². The molecule has 7 nitrogen and oxygen atoms in total. The van der Waals surface area contributed by atoms with Crippen LogP contribution in [0.1, 0.15) is 5.56 Å². The molecule has 2 aromatic carbocycles. The number of nitrogens with zero attached hydrogens (tertiary/aromatic N) is 2. The highest BCUT2D eigenvalue weighted by Gasteiger charge is 2.12. The van der Waals surface area contributed by atoms with Crippen LogP contribution in [0.15, 0.2) is 66.1 Å². The zero-order valence-electron chi connectivity index (χ0n) is 15.7. The second kappa shape index (κ2) is 7.79. The molecule has 1 amide bonds. The molecule has 28 heavy (non-hydrogen) atoms. The van der Waals surface area contributed by atoms with Gasteiger partial charge in [-0.2, -0.15) is 0 Å². The standard InChI is InChI=1S/C21H21N5O2/c1-4-19(27)23-14-7-5-8-15(11-14)24-20-21(28)26(3)12-18(25-20)16-9-6-10-17(22)13(16)2/h4-12H,1,22H2,2-3H3,(H,23,27)(H,24,25). The molecule has 0 aliphatic heterocycles. The fraction of sp³-hybridized carbons (Fsp3) is 0.0952. The summed E-state index contributed by atoms with van der Waals surface area (Å²) in [6, 6.07) is 12.6. The fourth-order valence-electron chi connectivity index (χ4n) is 2.75. The van der Waals surface area contributed by atoms with E-state index in [-0.39, 0.29) is 17.3 Å². The van der Waals surface area contributed by atoms with Crippen LogP contribution in [-0.4, -0.2) is 15.5 Å². The number of amides is 1. The normalized spacial score (nSPS) is 10.4. The molecule has 3 rings (SSSR count). The maximum absolute atomic E-state index is 12.5. The molecule has 3 aromatic rings. The van der Waals surface area contributed by atoms with E-state index < -0.39 is 0 Å². The van der Waals surface area contributed by atoms with E-state index in [4.69, 9.17) is 5.73 Å². The van der Waals surface area contributed by atoms with Gasteiger partial charge in [-0.25, -0.2) is 4.98 Å². The van der Waals surface area contributed by atoms with Gasteiger partial charge in [0.15, 0.2) is 5.82 Å². The van der Waals surface area contributed by atoms with Crippen LogP contribution >= 0.6 is 0 Å². The first-order chi connectivity index (χ1) is 13.4. The second-order valence-corrected chi connectivity index (χ2v) is 6.31. The number of nitrogens with two attached hydrogens (primary N) is 1. The van der Waals surface area contributed by atoms with Crippen LogP contribution in [0.4, 0.5) is 22.9 Å². The summed E-state index contributed by atoms with van der Waals surface area (Å²) in [6.45, 7) is 5.34. The predicted molar refractivity (Wildman–Crippen MR) is 113 cm³/mol. The van der Waals surface area contributed by atoms with Crippen molar-refractivity contribution in [1.82, 2.24) is 9.55 Å². The molecule has 0 saturated heterocycles. The van der Waals surface area contributed by atoms with Gasteiger partial charge in [0, 0.05) is 35.9 Å². The van der Waals surface area contributed by atoms with E-state index in [2.05, 4.69) is 22.2 Å². The Morgan fingerprint density at radius 3 is 2.68 bits per heavy atom.